The van der Waals surface area contributed by atoms with Gasteiger partial charge in [-0.25, -0.2) is 0 Å². The first-order valence-electron chi connectivity index (χ1n) is 5.68. The van der Waals surface area contributed by atoms with Crippen molar-refractivity contribution in [2.45, 2.75) is 26.4 Å². The van der Waals surface area contributed by atoms with Crippen LogP contribution in [0.5, 0.6) is 0 Å². The molecule has 0 bridgehead atoms. The summed E-state index contributed by atoms with van der Waals surface area (Å²) < 4.78 is 5.41. The Morgan fingerprint density at radius 1 is 1.39 bits per heavy atom. The average molecular weight is 245 g/mol. The lowest BCUT2D eigenvalue weighted by atomic mass is 9.98. The monoisotopic (exact) mass is 245 g/mol. The molecule has 0 aliphatic heterocycles. The molecule has 2 aromatic rings. The second-order valence-corrected chi connectivity index (χ2v) is 4.68. The van der Waals surface area contributed by atoms with Crippen LogP contribution < -0.4 is 0 Å². The number of aryl methyl sites for hydroxylation is 1. The van der Waals surface area contributed by atoms with Gasteiger partial charge in [0.05, 0.1) is 5.60 Å². The Kier molecular flexibility index (Phi) is 3.05. The van der Waals surface area contributed by atoms with Gasteiger partial charge in [-0.05, 0) is 39.0 Å². The number of ketones is 1. The smallest absolute Gasteiger partial charge is 0.246 e. The van der Waals surface area contributed by atoms with Crippen LogP contribution in [-0.4, -0.2) is 15.9 Å². The number of rotatable bonds is 3. The van der Waals surface area contributed by atoms with Crippen LogP contribution in [0.2, 0.25) is 0 Å². The van der Waals surface area contributed by atoms with Crippen molar-refractivity contribution in [1.82, 2.24) is 4.98 Å². The van der Waals surface area contributed by atoms with E-state index in [2.05, 4.69) is 4.98 Å². The van der Waals surface area contributed by atoms with E-state index in [9.17, 15) is 9.90 Å². The highest BCUT2D eigenvalue weighted by molar-refractivity contribution is 6.05. The van der Waals surface area contributed by atoms with E-state index in [0.717, 1.165) is 0 Å². The van der Waals surface area contributed by atoms with Crippen LogP contribution in [0.25, 0.3) is 0 Å². The van der Waals surface area contributed by atoms with Crippen molar-refractivity contribution in [3.8, 4) is 0 Å². The third-order valence-electron chi connectivity index (χ3n) is 2.70. The van der Waals surface area contributed by atoms with Crippen LogP contribution in [0.15, 0.2) is 34.9 Å². The Morgan fingerprint density at radius 3 is 2.61 bits per heavy atom. The normalized spacial score (nSPS) is 11.6. The highest BCUT2D eigenvalue weighted by Gasteiger charge is 2.25. The molecule has 4 heteroatoms. The Balaban J connectivity index is 2.39. The Hall–Kier alpha value is -1.94. The molecule has 94 valence electrons. The summed E-state index contributed by atoms with van der Waals surface area (Å²) in [5, 5.41) is 9.95. The molecule has 18 heavy (non-hydrogen) atoms. The zero-order valence-corrected chi connectivity index (χ0v) is 10.6. The lowest BCUT2D eigenvalue weighted by molar-refractivity contribution is 0.0769. The maximum absolute atomic E-state index is 12.1. The predicted octanol–water partition coefficient (Wildman–Crippen LogP) is 2.44. The Bertz CT molecular complexity index is 564. The van der Waals surface area contributed by atoms with Crippen molar-refractivity contribution in [2.75, 3.05) is 0 Å². The molecule has 0 atom stereocenters. The maximum Gasteiger partial charge on any atom is 0.246 e. The minimum absolute atomic E-state index is 0.198. The number of aromatic nitrogens is 1. The van der Waals surface area contributed by atoms with E-state index in [1.165, 1.54) is 0 Å². The summed E-state index contributed by atoms with van der Waals surface area (Å²) in [6, 6.07) is 6.69. The fourth-order valence-corrected chi connectivity index (χ4v) is 1.82. The van der Waals surface area contributed by atoms with Crippen LogP contribution in [0.1, 0.15) is 41.4 Å². The lowest BCUT2D eigenvalue weighted by Gasteiger charge is -2.15. The average Bonchev–Trinajstić information content (AvgIpc) is 2.71. The summed E-state index contributed by atoms with van der Waals surface area (Å²) in [4.78, 5) is 16.1. The molecule has 0 saturated carbocycles. The maximum atomic E-state index is 12.1. The van der Waals surface area contributed by atoms with Crippen LogP contribution >= 0.6 is 0 Å². The molecule has 0 radical (unpaired) electrons. The van der Waals surface area contributed by atoms with Gasteiger partial charge >= 0.3 is 0 Å². The molecule has 0 fully saturated rings. The second-order valence-electron chi connectivity index (χ2n) is 4.68. The van der Waals surface area contributed by atoms with E-state index in [1.807, 2.05) is 0 Å². The fourth-order valence-electron chi connectivity index (χ4n) is 1.82. The van der Waals surface area contributed by atoms with Crippen molar-refractivity contribution in [3.63, 3.8) is 0 Å². The predicted molar refractivity (Wildman–Crippen MR) is 66.4 cm³/mol. The molecule has 0 spiro atoms. The fraction of sp³-hybridized carbons (Fsp3) is 0.286. The highest BCUT2D eigenvalue weighted by Crippen LogP contribution is 2.27. The number of nitrogens with zero attached hydrogens (tertiary/aromatic N) is 1. The van der Waals surface area contributed by atoms with Gasteiger partial charge in [0.25, 0.3) is 0 Å². The number of hydrogen-bond acceptors (Lipinski definition) is 4. The van der Waals surface area contributed by atoms with Crippen molar-refractivity contribution < 1.29 is 14.3 Å². The van der Waals surface area contributed by atoms with Crippen LogP contribution in [-0.2, 0) is 5.60 Å². The molecule has 0 amide bonds. The van der Waals surface area contributed by atoms with Gasteiger partial charge in [0.1, 0.15) is 11.5 Å². The van der Waals surface area contributed by atoms with Crippen molar-refractivity contribution in [3.05, 3.63) is 53.2 Å². The standard InChI is InChI=1S/C14H15NO3/c1-9-10(14(2,3)17)8-12(18-9)13(16)11-6-4-5-7-15-11/h4-8,17H,1-3H3. The van der Waals surface area contributed by atoms with E-state index in [0.29, 0.717) is 17.0 Å². The number of aliphatic hydroxyl groups is 1. The summed E-state index contributed by atoms with van der Waals surface area (Å²) in [6.45, 7) is 5.03. The Morgan fingerprint density at radius 2 is 2.11 bits per heavy atom. The molecule has 0 saturated heterocycles. The van der Waals surface area contributed by atoms with Crippen LogP contribution in [0, 0.1) is 6.92 Å². The zero-order valence-electron chi connectivity index (χ0n) is 10.6. The Labute approximate surface area is 105 Å². The van der Waals surface area contributed by atoms with E-state index < -0.39 is 5.60 Å². The molecule has 2 heterocycles. The van der Waals surface area contributed by atoms with Gasteiger partial charge in [-0.15, -0.1) is 0 Å². The number of furan rings is 1. The van der Waals surface area contributed by atoms with Gasteiger partial charge in [-0.1, -0.05) is 6.07 Å². The number of pyridine rings is 1. The first kappa shape index (κ1) is 12.5. The van der Waals surface area contributed by atoms with Crippen LogP contribution in [0.3, 0.4) is 0 Å². The SMILES string of the molecule is Cc1oc(C(=O)c2ccccn2)cc1C(C)(C)O. The van der Waals surface area contributed by atoms with Gasteiger partial charge in [0.2, 0.25) is 5.78 Å². The summed E-state index contributed by atoms with van der Waals surface area (Å²) >= 11 is 0. The van der Waals surface area contributed by atoms with Gasteiger partial charge in [0.15, 0.2) is 5.76 Å². The summed E-state index contributed by atoms with van der Waals surface area (Å²) in [5.74, 6) is 0.458. The minimum atomic E-state index is -1.03. The first-order valence-corrected chi connectivity index (χ1v) is 5.68. The molecule has 2 rings (SSSR count). The lowest BCUT2D eigenvalue weighted by Crippen LogP contribution is -2.15. The van der Waals surface area contributed by atoms with Gasteiger partial charge in [-0.2, -0.15) is 0 Å². The number of carbonyl (C=O) groups is 1. The quantitative estimate of drug-likeness (QED) is 0.843. The topological polar surface area (TPSA) is 63.3 Å². The highest BCUT2D eigenvalue weighted by atomic mass is 16.4. The number of hydrogen-bond donors (Lipinski definition) is 1. The van der Waals surface area contributed by atoms with Gasteiger partial charge in [0, 0.05) is 11.8 Å². The van der Waals surface area contributed by atoms with Gasteiger partial charge in [-0.3, -0.25) is 9.78 Å². The zero-order chi connectivity index (χ0) is 13.3. The van der Waals surface area contributed by atoms with E-state index in [4.69, 9.17) is 4.42 Å². The molecule has 0 aliphatic carbocycles. The molecule has 4 nitrogen and oxygen atoms in total. The van der Waals surface area contributed by atoms with E-state index >= 15 is 0 Å². The number of carbonyl (C=O) groups excluding carboxylic acids is 1. The first-order chi connectivity index (χ1) is 8.39. The molecule has 0 unspecified atom stereocenters. The molecule has 0 aromatic carbocycles. The third kappa shape index (κ3) is 2.33. The van der Waals surface area contributed by atoms with E-state index in [1.54, 1.807) is 51.2 Å². The molecule has 0 aliphatic rings. The summed E-state index contributed by atoms with van der Waals surface area (Å²) in [6.07, 6.45) is 1.56. The molecular formula is C14H15NO3. The van der Waals surface area contributed by atoms with E-state index in [-0.39, 0.29) is 11.5 Å². The largest absolute Gasteiger partial charge is 0.457 e. The van der Waals surface area contributed by atoms with Crippen LogP contribution in [0.4, 0.5) is 0 Å². The third-order valence-corrected chi connectivity index (χ3v) is 2.70. The summed E-state index contributed by atoms with van der Waals surface area (Å²) in [5.41, 5.74) is -0.0914. The van der Waals surface area contributed by atoms with Gasteiger partial charge < -0.3 is 9.52 Å². The van der Waals surface area contributed by atoms with Crippen molar-refractivity contribution in [1.29, 1.82) is 0 Å². The summed E-state index contributed by atoms with van der Waals surface area (Å²) in [7, 11) is 0. The van der Waals surface area contributed by atoms with Crippen molar-refractivity contribution >= 4 is 5.78 Å². The molecule has 1 N–H and O–H groups in total. The molecular weight excluding hydrogens is 230 g/mol. The second kappa shape index (κ2) is 4.38. The minimum Gasteiger partial charge on any atom is -0.457 e. The molecule has 2 aromatic heterocycles. The van der Waals surface area contributed by atoms with Crippen molar-refractivity contribution in [2.24, 2.45) is 0 Å².